The molecule has 0 aliphatic carbocycles. The molecule has 24 heavy (non-hydrogen) atoms. The molecule has 130 valence electrons. The van der Waals surface area contributed by atoms with Gasteiger partial charge in [-0.2, -0.15) is 0 Å². The summed E-state index contributed by atoms with van der Waals surface area (Å²) in [6, 6.07) is 6.19. The van der Waals surface area contributed by atoms with Crippen LogP contribution in [0.25, 0.3) is 0 Å². The smallest absolute Gasteiger partial charge is 0.523 e. The summed E-state index contributed by atoms with van der Waals surface area (Å²) in [5, 5.41) is 0. The van der Waals surface area contributed by atoms with Gasteiger partial charge in [-0.05, 0) is 57.6 Å². The Kier molecular flexibility index (Phi) is 4.42. The molecule has 1 aromatic rings. The monoisotopic (exact) mass is 330 g/mol. The minimum Gasteiger partial charge on any atom is -0.523 e. The lowest BCUT2D eigenvalue weighted by atomic mass is 9.70. The minimum atomic E-state index is -0.286. The quantitative estimate of drug-likeness (QED) is 0.768. The van der Waals surface area contributed by atoms with Gasteiger partial charge in [-0.15, -0.1) is 0 Å². The summed E-state index contributed by atoms with van der Waals surface area (Å²) in [4.78, 5) is 0. The molecule has 0 saturated carbocycles. The fourth-order valence-electron chi connectivity index (χ4n) is 3.00. The van der Waals surface area contributed by atoms with Crippen LogP contribution in [-0.2, 0) is 15.7 Å². The highest BCUT2D eigenvalue weighted by Gasteiger charge is 2.52. The van der Waals surface area contributed by atoms with Crippen LogP contribution >= 0.6 is 0 Å². The van der Waals surface area contributed by atoms with Crippen LogP contribution in [-0.4, -0.2) is 25.4 Å². The van der Waals surface area contributed by atoms with Gasteiger partial charge in [-0.3, -0.25) is 0 Å². The molecular formula is C18H28B2O4. The molecule has 2 aliphatic rings. The highest BCUT2D eigenvalue weighted by molar-refractivity contribution is 6.49. The van der Waals surface area contributed by atoms with Crippen LogP contribution in [0.15, 0.2) is 18.2 Å². The van der Waals surface area contributed by atoms with Crippen LogP contribution in [0, 0.1) is 0 Å². The zero-order valence-corrected chi connectivity index (χ0v) is 15.9. The van der Waals surface area contributed by atoms with Gasteiger partial charge in [0, 0.05) is 5.82 Å². The van der Waals surface area contributed by atoms with Crippen LogP contribution in [0.4, 0.5) is 0 Å². The van der Waals surface area contributed by atoms with Gasteiger partial charge in [0.1, 0.15) is 11.5 Å². The Labute approximate surface area is 146 Å². The van der Waals surface area contributed by atoms with Gasteiger partial charge in [-0.25, -0.2) is 0 Å². The third kappa shape index (κ3) is 3.18. The maximum Gasteiger partial charge on any atom is 0.597 e. The van der Waals surface area contributed by atoms with E-state index in [1.54, 1.807) is 0 Å². The molecule has 4 nitrogen and oxygen atoms in total. The Morgan fingerprint density at radius 2 is 1.46 bits per heavy atom. The molecule has 0 spiro atoms. The predicted molar refractivity (Wildman–Crippen MR) is 97.8 cm³/mol. The Morgan fingerprint density at radius 1 is 0.875 bits per heavy atom. The average molecular weight is 330 g/mol. The van der Waals surface area contributed by atoms with E-state index in [0.29, 0.717) is 5.82 Å². The van der Waals surface area contributed by atoms with Crippen LogP contribution in [0.1, 0.15) is 54.0 Å². The lowest BCUT2D eigenvalue weighted by molar-refractivity contribution is 0.00578. The Morgan fingerprint density at radius 3 is 2.04 bits per heavy atom. The van der Waals surface area contributed by atoms with Gasteiger partial charge in [0.2, 0.25) is 0 Å². The van der Waals surface area contributed by atoms with Crippen LogP contribution in [0.5, 0.6) is 11.5 Å². The molecule has 2 aliphatic heterocycles. The summed E-state index contributed by atoms with van der Waals surface area (Å²) in [6.45, 7) is 14.7. The van der Waals surface area contributed by atoms with E-state index < -0.39 is 0 Å². The molecule has 1 saturated heterocycles. The van der Waals surface area contributed by atoms with Gasteiger partial charge < -0.3 is 18.6 Å². The molecule has 1 aromatic carbocycles. The van der Waals surface area contributed by atoms with Crippen molar-refractivity contribution in [3.63, 3.8) is 0 Å². The van der Waals surface area contributed by atoms with Crippen LogP contribution in [0.2, 0.25) is 11.6 Å². The van der Waals surface area contributed by atoms with E-state index >= 15 is 0 Å². The third-order valence-corrected chi connectivity index (χ3v) is 5.33. The van der Waals surface area contributed by atoms with Crippen molar-refractivity contribution >= 4 is 14.2 Å². The van der Waals surface area contributed by atoms with Gasteiger partial charge in [0.25, 0.3) is 0 Å². The summed E-state index contributed by atoms with van der Waals surface area (Å²) < 4.78 is 24.0. The van der Waals surface area contributed by atoms with Gasteiger partial charge in [-0.1, -0.05) is 26.8 Å². The molecular weight excluding hydrogens is 302 g/mol. The summed E-state index contributed by atoms with van der Waals surface area (Å²) in [7, 11) is -0.375. The second kappa shape index (κ2) is 5.99. The molecule has 3 rings (SSSR count). The van der Waals surface area contributed by atoms with E-state index in [1.807, 2.05) is 6.07 Å². The van der Waals surface area contributed by atoms with Gasteiger partial charge in [0.15, 0.2) is 0 Å². The predicted octanol–water partition coefficient (Wildman–Crippen LogP) is 4.38. The highest BCUT2D eigenvalue weighted by Crippen LogP contribution is 2.42. The molecule has 0 amide bonds. The lowest BCUT2D eigenvalue weighted by Crippen LogP contribution is -2.41. The highest BCUT2D eigenvalue weighted by atomic mass is 16.7. The SMILES string of the molecule is CC(C)B1Oc2ccc(CC(C)B3OC(C)(C)C(C)(C)O3)cc2O1. The second-order valence-corrected chi connectivity index (χ2v) is 8.44. The van der Waals surface area contributed by atoms with E-state index in [1.165, 1.54) is 5.56 Å². The summed E-state index contributed by atoms with van der Waals surface area (Å²) in [6.07, 6.45) is 0.875. The number of benzene rings is 1. The first-order chi connectivity index (χ1) is 11.1. The van der Waals surface area contributed by atoms with Crippen molar-refractivity contribution in [1.29, 1.82) is 0 Å². The molecule has 1 unspecified atom stereocenters. The fraction of sp³-hybridized carbons (Fsp3) is 0.667. The summed E-state index contributed by atoms with van der Waals surface area (Å²) in [5.74, 6) is 2.25. The van der Waals surface area contributed by atoms with E-state index in [2.05, 4.69) is 60.6 Å². The van der Waals surface area contributed by atoms with E-state index in [4.69, 9.17) is 18.6 Å². The maximum atomic E-state index is 6.16. The molecule has 6 heteroatoms. The first-order valence-electron chi connectivity index (χ1n) is 8.91. The van der Waals surface area contributed by atoms with E-state index in [-0.39, 0.29) is 31.3 Å². The second-order valence-electron chi connectivity index (χ2n) is 8.44. The first-order valence-corrected chi connectivity index (χ1v) is 8.91. The van der Waals surface area contributed by atoms with Crippen LogP contribution < -0.4 is 9.31 Å². The summed E-state index contributed by atoms with van der Waals surface area (Å²) >= 11 is 0. The minimum absolute atomic E-state index is 0.184. The van der Waals surface area contributed by atoms with E-state index in [9.17, 15) is 0 Å². The standard InChI is InChI=1S/C18H28B2O4/c1-12(2)19-21-15-9-8-14(11-16(15)22-19)10-13(3)20-23-17(4,5)18(6,7)24-20/h8-9,11-13H,10H2,1-7H3. The molecule has 0 radical (unpaired) electrons. The topological polar surface area (TPSA) is 36.9 Å². The van der Waals surface area contributed by atoms with Crippen molar-refractivity contribution in [1.82, 2.24) is 0 Å². The molecule has 0 N–H and O–H groups in total. The van der Waals surface area contributed by atoms with Gasteiger partial charge in [0.05, 0.1) is 11.2 Å². The van der Waals surface area contributed by atoms with Crippen molar-refractivity contribution in [2.24, 2.45) is 0 Å². The van der Waals surface area contributed by atoms with Crippen molar-refractivity contribution in [3.8, 4) is 11.5 Å². The van der Waals surface area contributed by atoms with Crippen molar-refractivity contribution in [2.75, 3.05) is 0 Å². The first kappa shape index (κ1) is 17.7. The van der Waals surface area contributed by atoms with Crippen molar-refractivity contribution in [3.05, 3.63) is 23.8 Å². The fourth-order valence-corrected chi connectivity index (χ4v) is 3.00. The normalized spacial score (nSPS) is 22.3. The molecule has 1 atom stereocenters. The number of rotatable bonds is 4. The Balaban J connectivity index is 1.67. The third-order valence-electron chi connectivity index (χ3n) is 5.33. The number of fused-ring (bicyclic) bond motifs is 1. The van der Waals surface area contributed by atoms with Crippen molar-refractivity contribution in [2.45, 2.75) is 77.7 Å². The van der Waals surface area contributed by atoms with Crippen LogP contribution in [0.3, 0.4) is 0 Å². The zero-order chi connectivity index (χ0) is 17.7. The largest absolute Gasteiger partial charge is 0.597 e. The Bertz CT molecular complexity index is 599. The molecule has 0 bridgehead atoms. The lowest BCUT2D eigenvalue weighted by Gasteiger charge is -2.32. The van der Waals surface area contributed by atoms with E-state index in [0.717, 1.165) is 17.9 Å². The molecule has 1 fully saturated rings. The molecule has 0 aromatic heterocycles. The van der Waals surface area contributed by atoms with Gasteiger partial charge >= 0.3 is 14.2 Å². The molecule has 2 heterocycles. The number of hydrogen-bond donors (Lipinski definition) is 0. The zero-order valence-electron chi connectivity index (χ0n) is 15.9. The maximum absolute atomic E-state index is 6.16. The number of hydrogen-bond acceptors (Lipinski definition) is 4. The summed E-state index contributed by atoms with van der Waals surface area (Å²) in [5.41, 5.74) is 0.639. The Hall–Kier alpha value is -1.13. The van der Waals surface area contributed by atoms with Crippen molar-refractivity contribution < 1.29 is 18.6 Å². The average Bonchev–Trinajstić information content (AvgIpc) is 2.97.